The van der Waals surface area contributed by atoms with Crippen molar-refractivity contribution in [1.82, 2.24) is 5.32 Å². The molecule has 1 aliphatic heterocycles. The highest BCUT2D eigenvalue weighted by Crippen LogP contribution is 2.26. The smallest absolute Gasteiger partial charge is 0.319 e. The van der Waals surface area contributed by atoms with E-state index in [1.165, 1.54) is 6.07 Å². The molecule has 0 spiro atoms. The third kappa shape index (κ3) is 5.07. The Balaban J connectivity index is 2.00. The Morgan fingerprint density at radius 2 is 2.08 bits per heavy atom. The van der Waals surface area contributed by atoms with Gasteiger partial charge >= 0.3 is 6.03 Å². The van der Waals surface area contributed by atoms with E-state index >= 15 is 0 Å². The number of carbonyl (C=O) groups is 1. The van der Waals surface area contributed by atoms with Crippen molar-refractivity contribution in [2.75, 3.05) is 29.9 Å². The zero-order valence-electron chi connectivity index (χ0n) is 14.4. The highest BCUT2D eigenvalue weighted by molar-refractivity contribution is 5.89. The summed E-state index contributed by atoms with van der Waals surface area (Å²) in [4.78, 5) is 13.8. The number of urea groups is 1. The van der Waals surface area contributed by atoms with Gasteiger partial charge in [-0.15, -0.1) is 0 Å². The molecule has 0 radical (unpaired) electrons. The number of carbonyl (C=O) groups excluding carboxylic acids is 1. The molecule has 1 heterocycles. The Hall–Kier alpha value is -1.86. The molecule has 1 aromatic carbocycles. The summed E-state index contributed by atoms with van der Waals surface area (Å²) in [6, 6.07) is 4.09. The number of hydrogen-bond donors (Lipinski definition) is 3. The lowest BCUT2D eigenvalue weighted by molar-refractivity contribution is -0.00539. The van der Waals surface area contributed by atoms with Crippen LogP contribution in [0.15, 0.2) is 18.2 Å². The quantitative estimate of drug-likeness (QED) is 0.770. The van der Waals surface area contributed by atoms with Gasteiger partial charge in [0.2, 0.25) is 0 Å². The van der Waals surface area contributed by atoms with Gasteiger partial charge < -0.3 is 25.4 Å². The maximum atomic E-state index is 14.4. The van der Waals surface area contributed by atoms with E-state index in [0.717, 1.165) is 0 Å². The molecule has 3 N–H and O–H groups in total. The fourth-order valence-corrected chi connectivity index (χ4v) is 2.87. The van der Waals surface area contributed by atoms with E-state index in [1.807, 2.05) is 18.7 Å². The number of hydrogen-bond acceptors (Lipinski definition) is 4. The molecule has 7 heteroatoms. The second-order valence-corrected chi connectivity index (χ2v) is 6.34. The van der Waals surface area contributed by atoms with E-state index in [2.05, 4.69) is 10.6 Å². The monoisotopic (exact) mass is 339 g/mol. The van der Waals surface area contributed by atoms with Gasteiger partial charge in [-0.05, 0) is 45.4 Å². The predicted molar refractivity (Wildman–Crippen MR) is 91.9 cm³/mol. The molecule has 134 valence electrons. The third-order valence-electron chi connectivity index (χ3n) is 3.91. The highest BCUT2D eigenvalue weighted by atomic mass is 19.1. The van der Waals surface area contributed by atoms with Crippen molar-refractivity contribution in [1.29, 1.82) is 0 Å². The molecule has 0 bridgehead atoms. The van der Waals surface area contributed by atoms with Crippen LogP contribution in [-0.4, -0.2) is 49.1 Å². The maximum Gasteiger partial charge on any atom is 0.319 e. The zero-order chi connectivity index (χ0) is 17.7. The summed E-state index contributed by atoms with van der Waals surface area (Å²) in [5.41, 5.74) is 0.899. The molecule has 0 saturated carbocycles. The fourth-order valence-electron chi connectivity index (χ4n) is 2.87. The van der Waals surface area contributed by atoms with Crippen LogP contribution >= 0.6 is 0 Å². The largest absolute Gasteiger partial charge is 0.396 e. The molecule has 1 aliphatic rings. The third-order valence-corrected chi connectivity index (χ3v) is 3.91. The Morgan fingerprint density at radius 1 is 1.42 bits per heavy atom. The molecule has 24 heavy (non-hydrogen) atoms. The van der Waals surface area contributed by atoms with E-state index < -0.39 is 6.03 Å². The first-order valence-electron chi connectivity index (χ1n) is 8.27. The molecule has 0 aliphatic carbocycles. The molecule has 1 fully saturated rings. The van der Waals surface area contributed by atoms with Crippen molar-refractivity contribution in [2.45, 2.75) is 45.4 Å². The summed E-state index contributed by atoms with van der Waals surface area (Å²) in [5.74, 6) is -0.377. The lowest BCUT2D eigenvalue weighted by Crippen LogP contribution is -2.45. The molecule has 1 aromatic rings. The molecule has 0 aromatic heterocycles. The summed E-state index contributed by atoms with van der Waals surface area (Å²) in [6.45, 7) is 6.99. The molecule has 0 unspecified atom stereocenters. The number of anilines is 2. The zero-order valence-corrected chi connectivity index (χ0v) is 14.4. The van der Waals surface area contributed by atoms with Crippen LogP contribution in [0.5, 0.6) is 0 Å². The molecule has 1 saturated heterocycles. The molecule has 2 amide bonds. The van der Waals surface area contributed by atoms with Crippen LogP contribution in [0.25, 0.3) is 0 Å². The van der Waals surface area contributed by atoms with Crippen LogP contribution in [0.2, 0.25) is 0 Å². The summed E-state index contributed by atoms with van der Waals surface area (Å²) in [5, 5.41) is 14.1. The second-order valence-electron chi connectivity index (χ2n) is 6.34. The van der Waals surface area contributed by atoms with Crippen molar-refractivity contribution < 1.29 is 19.0 Å². The van der Waals surface area contributed by atoms with Gasteiger partial charge in [0.05, 0.1) is 17.9 Å². The molecule has 6 nitrogen and oxygen atoms in total. The minimum Gasteiger partial charge on any atom is -0.396 e. The lowest BCUT2D eigenvalue weighted by Gasteiger charge is -2.37. The van der Waals surface area contributed by atoms with Crippen LogP contribution in [0.3, 0.4) is 0 Å². The van der Waals surface area contributed by atoms with Crippen LogP contribution < -0.4 is 15.5 Å². The van der Waals surface area contributed by atoms with Crippen molar-refractivity contribution >= 4 is 17.4 Å². The van der Waals surface area contributed by atoms with Gasteiger partial charge in [-0.3, -0.25) is 0 Å². The van der Waals surface area contributed by atoms with Crippen LogP contribution in [0.4, 0.5) is 20.6 Å². The fraction of sp³-hybridized carbons (Fsp3) is 0.588. The normalized spacial score (nSPS) is 22.1. The first-order valence-corrected chi connectivity index (χ1v) is 8.27. The molecular formula is C17H26FN3O3. The number of morpholine rings is 1. The number of aliphatic hydroxyl groups excluding tert-OH is 1. The van der Waals surface area contributed by atoms with Gasteiger partial charge in [-0.2, -0.15) is 0 Å². The summed E-state index contributed by atoms with van der Waals surface area (Å²) in [6.07, 6.45) is 0.559. The molecule has 3 atom stereocenters. The summed E-state index contributed by atoms with van der Waals surface area (Å²) >= 11 is 0. The number of benzene rings is 1. The van der Waals surface area contributed by atoms with E-state index in [-0.39, 0.29) is 30.7 Å². The summed E-state index contributed by atoms with van der Waals surface area (Å²) < 4.78 is 20.1. The van der Waals surface area contributed by atoms with E-state index in [0.29, 0.717) is 30.9 Å². The van der Waals surface area contributed by atoms with E-state index in [4.69, 9.17) is 9.84 Å². The second kappa shape index (κ2) is 8.30. The highest BCUT2D eigenvalue weighted by Gasteiger charge is 2.24. The maximum absolute atomic E-state index is 14.4. The van der Waals surface area contributed by atoms with E-state index in [9.17, 15) is 9.18 Å². The van der Waals surface area contributed by atoms with Crippen molar-refractivity contribution in [3.8, 4) is 0 Å². The van der Waals surface area contributed by atoms with Crippen LogP contribution in [0.1, 0.15) is 27.2 Å². The number of rotatable bonds is 5. The van der Waals surface area contributed by atoms with Crippen LogP contribution in [-0.2, 0) is 4.74 Å². The predicted octanol–water partition coefficient (Wildman–Crippen LogP) is 2.33. The number of nitrogens with one attached hydrogen (secondary N) is 2. The minimum atomic E-state index is -0.420. The Kier molecular flexibility index (Phi) is 6.39. The average molecular weight is 339 g/mol. The Labute approximate surface area is 142 Å². The number of ether oxygens (including phenoxy) is 1. The Bertz CT molecular complexity index is 560. The van der Waals surface area contributed by atoms with Crippen LogP contribution in [0, 0.1) is 5.82 Å². The molecule has 2 rings (SSSR count). The van der Waals surface area contributed by atoms with Gasteiger partial charge in [0.25, 0.3) is 0 Å². The minimum absolute atomic E-state index is 0.00116. The number of amides is 2. The van der Waals surface area contributed by atoms with Crippen molar-refractivity contribution in [3.63, 3.8) is 0 Å². The number of halogens is 1. The van der Waals surface area contributed by atoms with Crippen molar-refractivity contribution in [2.24, 2.45) is 0 Å². The topological polar surface area (TPSA) is 73.8 Å². The first kappa shape index (κ1) is 18.5. The van der Waals surface area contributed by atoms with Gasteiger partial charge in [0, 0.05) is 31.4 Å². The van der Waals surface area contributed by atoms with Crippen molar-refractivity contribution in [3.05, 3.63) is 24.0 Å². The number of aliphatic hydroxyl groups is 1. The van der Waals surface area contributed by atoms with E-state index in [1.54, 1.807) is 19.1 Å². The standard InChI is InChI=1S/C17H26FN3O3/c1-11(6-7-22)19-17(23)20-14-4-5-16(15(18)8-14)21-9-12(2)24-13(3)10-21/h4-5,8,11-13,22H,6-7,9-10H2,1-3H3,(H2,19,20,23)/t11-,12-,13-/m1/s1. The SMILES string of the molecule is C[C@H](CCO)NC(=O)Nc1ccc(N2C[C@@H](C)O[C@H](C)C2)c(F)c1. The Morgan fingerprint density at radius 3 is 2.67 bits per heavy atom. The van der Waals surface area contributed by atoms with Gasteiger partial charge in [-0.25, -0.2) is 9.18 Å². The summed E-state index contributed by atoms with van der Waals surface area (Å²) in [7, 11) is 0. The van der Waals surface area contributed by atoms with Gasteiger partial charge in [0.1, 0.15) is 5.82 Å². The molecular weight excluding hydrogens is 313 g/mol. The van der Waals surface area contributed by atoms with Gasteiger partial charge in [0.15, 0.2) is 0 Å². The first-order chi connectivity index (χ1) is 11.4. The van der Waals surface area contributed by atoms with Gasteiger partial charge in [-0.1, -0.05) is 0 Å². The average Bonchev–Trinajstić information content (AvgIpc) is 2.46. The number of nitrogens with zero attached hydrogens (tertiary/aromatic N) is 1. The lowest BCUT2D eigenvalue weighted by atomic mass is 10.2.